The van der Waals surface area contributed by atoms with Crippen molar-refractivity contribution in [1.29, 1.82) is 0 Å². The minimum Gasteiger partial charge on any atom is -0.476 e. The Morgan fingerprint density at radius 2 is 2.11 bits per heavy atom. The van der Waals surface area contributed by atoms with E-state index < -0.39 is 17.8 Å². The van der Waals surface area contributed by atoms with Crippen LogP contribution in [0.1, 0.15) is 40.1 Å². The van der Waals surface area contributed by atoms with Crippen molar-refractivity contribution in [3.63, 3.8) is 0 Å². The summed E-state index contributed by atoms with van der Waals surface area (Å²) >= 11 is 0. The zero-order valence-electron chi connectivity index (χ0n) is 10.0. The summed E-state index contributed by atoms with van der Waals surface area (Å²) in [4.78, 5) is 26.6. The number of nitrogens with zero attached hydrogens (tertiary/aromatic N) is 1. The summed E-state index contributed by atoms with van der Waals surface area (Å²) in [6.45, 7) is 0.550. The van der Waals surface area contributed by atoms with Gasteiger partial charge in [-0.15, -0.1) is 0 Å². The van der Waals surface area contributed by atoms with Crippen LogP contribution in [-0.2, 0) is 0 Å². The number of carboxylic acid groups (broad SMARTS) is 1. The van der Waals surface area contributed by atoms with Gasteiger partial charge in [0.25, 0.3) is 0 Å². The van der Waals surface area contributed by atoms with E-state index in [9.17, 15) is 9.59 Å². The maximum atomic E-state index is 12.0. The zero-order chi connectivity index (χ0) is 13.5. The van der Waals surface area contributed by atoms with E-state index in [2.05, 4.69) is 4.98 Å². The molecular weight excluding hydrogens is 234 g/mol. The number of pyridine rings is 1. The van der Waals surface area contributed by atoms with Crippen LogP contribution in [0.25, 0.3) is 0 Å². The fourth-order valence-electron chi connectivity index (χ4n) is 1.61. The largest absolute Gasteiger partial charge is 0.476 e. The molecule has 18 heavy (non-hydrogen) atoms. The SMILES string of the molecule is NCCCC[C@@H](N)C(=O)c1cccnc1C(=O)O. The van der Waals surface area contributed by atoms with Crippen LogP contribution in [0.4, 0.5) is 0 Å². The van der Waals surface area contributed by atoms with E-state index in [1.54, 1.807) is 0 Å². The lowest BCUT2D eigenvalue weighted by Gasteiger charge is -2.11. The van der Waals surface area contributed by atoms with Gasteiger partial charge in [0.15, 0.2) is 11.5 Å². The Labute approximate surface area is 105 Å². The molecule has 6 heteroatoms. The molecule has 0 saturated heterocycles. The predicted molar refractivity (Wildman–Crippen MR) is 66.4 cm³/mol. The molecule has 1 aromatic rings. The van der Waals surface area contributed by atoms with Gasteiger partial charge in [-0.25, -0.2) is 9.78 Å². The lowest BCUT2D eigenvalue weighted by molar-refractivity contribution is 0.0684. The quantitative estimate of drug-likeness (QED) is 0.477. The molecule has 0 bridgehead atoms. The van der Waals surface area contributed by atoms with Crippen LogP contribution in [0.5, 0.6) is 0 Å². The molecule has 1 aromatic heterocycles. The second-order valence-corrected chi connectivity index (χ2v) is 3.96. The number of hydrogen-bond acceptors (Lipinski definition) is 5. The first-order chi connectivity index (χ1) is 8.57. The van der Waals surface area contributed by atoms with E-state index >= 15 is 0 Å². The van der Waals surface area contributed by atoms with E-state index in [0.29, 0.717) is 13.0 Å². The van der Waals surface area contributed by atoms with Gasteiger partial charge in [0.1, 0.15) is 0 Å². The maximum absolute atomic E-state index is 12.0. The number of unbranched alkanes of at least 4 members (excludes halogenated alkanes) is 1. The van der Waals surface area contributed by atoms with Gasteiger partial charge in [-0.05, 0) is 31.5 Å². The summed E-state index contributed by atoms with van der Waals surface area (Å²) in [6, 6.07) is 2.24. The number of carbonyl (C=O) groups is 2. The van der Waals surface area contributed by atoms with E-state index in [0.717, 1.165) is 12.8 Å². The Morgan fingerprint density at radius 3 is 2.72 bits per heavy atom. The first-order valence-electron chi connectivity index (χ1n) is 5.76. The number of ketones is 1. The van der Waals surface area contributed by atoms with Crippen LogP contribution < -0.4 is 11.5 Å². The summed E-state index contributed by atoms with van der Waals surface area (Å²) in [7, 11) is 0. The lowest BCUT2D eigenvalue weighted by atomic mass is 9.99. The molecule has 0 unspecified atom stereocenters. The standard InChI is InChI=1S/C12H17N3O3/c13-6-2-1-5-9(14)11(16)8-4-3-7-15-10(8)12(17)18/h3-4,7,9H,1-2,5-6,13-14H2,(H,17,18)/t9-/m1/s1. The predicted octanol–water partition coefficient (Wildman–Crippen LogP) is 0.419. The molecule has 1 rings (SSSR count). The summed E-state index contributed by atoms with van der Waals surface area (Å²) < 4.78 is 0. The molecule has 0 radical (unpaired) electrons. The van der Waals surface area contributed by atoms with E-state index in [1.807, 2.05) is 0 Å². The normalized spacial score (nSPS) is 12.1. The summed E-state index contributed by atoms with van der Waals surface area (Å²) in [6.07, 6.45) is 3.36. The highest BCUT2D eigenvalue weighted by atomic mass is 16.4. The Kier molecular flexibility index (Phi) is 5.41. The van der Waals surface area contributed by atoms with Gasteiger partial charge in [-0.1, -0.05) is 6.42 Å². The van der Waals surface area contributed by atoms with Gasteiger partial charge in [0, 0.05) is 6.20 Å². The minimum absolute atomic E-state index is 0.0604. The number of carbonyl (C=O) groups excluding carboxylic acids is 1. The Morgan fingerprint density at radius 1 is 1.39 bits per heavy atom. The van der Waals surface area contributed by atoms with Crippen LogP contribution in [0, 0.1) is 0 Å². The highest BCUT2D eigenvalue weighted by Crippen LogP contribution is 2.11. The molecule has 1 atom stereocenters. The Hall–Kier alpha value is -1.79. The summed E-state index contributed by atoms with van der Waals surface area (Å²) in [5.41, 5.74) is 10.9. The Balaban J connectivity index is 2.80. The molecule has 0 spiro atoms. The van der Waals surface area contributed by atoms with E-state index in [-0.39, 0.29) is 11.3 Å². The highest BCUT2D eigenvalue weighted by molar-refractivity contribution is 6.07. The van der Waals surface area contributed by atoms with Crippen LogP contribution >= 0.6 is 0 Å². The van der Waals surface area contributed by atoms with Gasteiger partial charge < -0.3 is 16.6 Å². The van der Waals surface area contributed by atoms with Crippen molar-refractivity contribution in [2.45, 2.75) is 25.3 Å². The third kappa shape index (κ3) is 3.61. The molecular formula is C12H17N3O3. The monoisotopic (exact) mass is 251 g/mol. The van der Waals surface area contributed by atoms with Crippen molar-refractivity contribution in [3.05, 3.63) is 29.6 Å². The molecule has 6 nitrogen and oxygen atoms in total. The van der Waals surface area contributed by atoms with Crippen molar-refractivity contribution in [2.75, 3.05) is 6.54 Å². The van der Waals surface area contributed by atoms with Gasteiger partial charge >= 0.3 is 5.97 Å². The molecule has 0 aliphatic carbocycles. The molecule has 0 aliphatic heterocycles. The highest BCUT2D eigenvalue weighted by Gasteiger charge is 2.22. The van der Waals surface area contributed by atoms with Crippen molar-refractivity contribution in [3.8, 4) is 0 Å². The number of nitrogens with two attached hydrogens (primary N) is 2. The maximum Gasteiger partial charge on any atom is 0.355 e. The smallest absolute Gasteiger partial charge is 0.355 e. The van der Waals surface area contributed by atoms with Crippen molar-refractivity contribution < 1.29 is 14.7 Å². The fraction of sp³-hybridized carbons (Fsp3) is 0.417. The van der Waals surface area contributed by atoms with Crippen LogP contribution in [0.15, 0.2) is 18.3 Å². The number of aromatic carboxylic acids is 1. The van der Waals surface area contributed by atoms with Gasteiger partial charge in [-0.3, -0.25) is 4.79 Å². The molecule has 5 N–H and O–H groups in total. The van der Waals surface area contributed by atoms with Gasteiger partial charge in [-0.2, -0.15) is 0 Å². The first kappa shape index (κ1) is 14.3. The number of Topliss-reactive ketones (excluding diaryl/α,β-unsaturated/α-hetero) is 1. The van der Waals surface area contributed by atoms with Crippen LogP contribution in [-0.4, -0.2) is 34.4 Å². The van der Waals surface area contributed by atoms with E-state index in [1.165, 1.54) is 18.3 Å². The van der Waals surface area contributed by atoms with Crippen molar-refractivity contribution in [1.82, 2.24) is 4.98 Å². The third-order valence-electron chi connectivity index (χ3n) is 2.58. The average Bonchev–Trinajstić information content (AvgIpc) is 2.38. The minimum atomic E-state index is -1.23. The number of hydrogen-bond donors (Lipinski definition) is 3. The average molecular weight is 251 g/mol. The third-order valence-corrected chi connectivity index (χ3v) is 2.58. The summed E-state index contributed by atoms with van der Waals surface area (Å²) in [5.74, 6) is -1.62. The molecule has 98 valence electrons. The summed E-state index contributed by atoms with van der Waals surface area (Å²) in [5, 5.41) is 8.94. The molecule has 1 heterocycles. The zero-order valence-corrected chi connectivity index (χ0v) is 10.0. The van der Waals surface area contributed by atoms with Gasteiger partial charge in [0.2, 0.25) is 0 Å². The molecule has 0 aliphatic rings. The molecule has 0 fully saturated rings. The second-order valence-electron chi connectivity index (χ2n) is 3.96. The number of carboxylic acids is 1. The van der Waals surface area contributed by atoms with Crippen molar-refractivity contribution in [2.24, 2.45) is 11.5 Å². The number of aromatic nitrogens is 1. The van der Waals surface area contributed by atoms with E-state index in [4.69, 9.17) is 16.6 Å². The Bertz CT molecular complexity index is 434. The van der Waals surface area contributed by atoms with Crippen molar-refractivity contribution >= 4 is 11.8 Å². The fourth-order valence-corrected chi connectivity index (χ4v) is 1.61. The molecule has 0 amide bonds. The van der Waals surface area contributed by atoms with Crippen LogP contribution in [0.2, 0.25) is 0 Å². The van der Waals surface area contributed by atoms with Gasteiger partial charge in [0.05, 0.1) is 11.6 Å². The number of rotatable bonds is 7. The second kappa shape index (κ2) is 6.83. The lowest BCUT2D eigenvalue weighted by Crippen LogP contribution is -2.32. The molecule has 0 saturated carbocycles. The van der Waals surface area contributed by atoms with Crippen LogP contribution in [0.3, 0.4) is 0 Å². The first-order valence-corrected chi connectivity index (χ1v) is 5.76. The molecule has 0 aromatic carbocycles. The topological polar surface area (TPSA) is 119 Å².